The summed E-state index contributed by atoms with van der Waals surface area (Å²) >= 11 is 0. The van der Waals surface area contributed by atoms with Crippen LogP contribution in [0.2, 0.25) is 0 Å². The monoisotopic (exact) mass is 486 g/mol. The number of nitrogens with zero attached hydrogens (tertiary/aromatic N) is 1. The maximum atomic E-state index is 12.0. The van der Waals surface area contributed by atoms with E-state index in [0.29, 0.717) is 22.9 Å². The van der Waals surface area contributed by atoms with E-state index >= 15 is 0 Å². The Bertz CT molecular complexity index is 1200. The van der Waals surface area contributed by atoms with Gasteiger partial charge in [-0.2, -0.15) is 5.10 Å². The molecule has 0 fully saturated rings. The Kier molecular flexibility index (Phi) is 9.33. The lowest BCUT2D eigenvalue weighted by molar-refractivity contribution is -0.139. The van der Waals surface area contributed by atoms with Gasteiger partial charge in [-0.3, -0.25) is 14.4 Å². The van der Waals surface area contributed by atoms with Gasteiger partial charge in [0, 0.05) is 12.2 Å². The lowest BCUT2D eigenvalue weighted by Gasteiger charge is -2.08. The molecule has 36 heavy (non-hydrogen) atoms. The van der Waals surface area contributed by atoms with Gasteiger partial charge < -0.3 is 15.4 Å². The average molecular weight is 487 g/mol. The van der Waals surface area contributed by atoms with E-state index in [-0.39, 0.29) is 19.1 Å². The van der Waals surface area contributed by atoms with Crippen molar-refractivity contribution in [3.63, 3.8) is 0 Å². The molecule has 8 nitrogen and oxygen atoms in total. The van der Waals surface area contributed by atoms with E-state index < -0.39 is 11.8 Å². The number of rotatable bonds is 9. The number of hydrogen-bond donors (Lipinski definition) is 3. The van der Waals surface area contributed by atoms with Crippen LogP contribution in [0, 0.1) is 6.92 Å². The number of hydrazone groups is 1. The maximum absolute atomic E-state index is 12.0. The molecule has 0 aliphatic carbocycles. The smallest absolute Gasteiger partial charge is 0.329 e. The summed E-state index contributed by atoms with van der Waals surface area (Å²) in [5.41, 5.74) is 6.81. The van der Waals surface area contributed by atoms with Gasteiger partial charge in [0.1, 0.15) is 5.75 Å². The Labute approximate surface area is 210 Å². The minimum Gasteiger partial charge on any atom is -0.484 e. The number of nitrogens with one attached hydrogen (secondary N) is 3. The summed E-state index contributed by atoms with van der Waals surface area (Å²) in [6.45, 7) is 6.31. The fourth-order valence-corrected chi connectivity index (χ4v) is 3.13. The Morgan fingerprint density at radius 2 is 1.56 bits per heavy atom. The quantitative estimate of drug-likeness (QED) is 0.242. The molecular weight excluding hydrogens is 456 g/mol. The third-order valence-corrected chi connectivity index (χ3v) is 5.27. The SMILES string of the molecule is Cc1ccc(NC(=O)COc2ccc(/C=N\NC(=O)C(=O)NCc3ccc(C(C)C)cc3)cc2)cc1. The van der Waals surface area contributed by atoms with Crippen LogP contribution in [0.1, 0.15) is 42.0 Å². The van der Waals surface area contributed by atoms with E-state index in [0.717, 1.165) is 11.1 Å². The average Bonchev–Trinajstić information content (AvgIpc) is 2.88. The molecule has 186 valence electrons. The summed E-state index contributed by atoms with van der Waals surface area (Å²) in [5, 5.41) is 9.15. The number of benzene rings is 3. The second kappa shape index (κ2) is 12.9. The van der Waals surface area contributed by atoms with E-state index in [4.69, 9.17) is 4.74 Å². The van der Waals surface area contributed by atoms with Crippen LogP contribution in [-0.4, -0.2) is 30.5 Å². The molecule has 0 saturated heterocycles. The second-order valence-corrected chi connectivity index (χ2v) is 8.55. The summed E-state index contributed by atoms with van der Waals surface area (Å²) in [7, 11) is 0. The van der Waals surface area contributed by atoms with Crippen LogP contribution in [0.25, 0.3) is 0 Å². The third kappa shape index (κ3) is 8.39. The van der Waals surface area contributed by atoms with Gasteiger partial charge in [-0.1, -0.05) is 55.8 Å². The zero-order valence-corrected chi connectivity index (χ0v) is 20.6. The topological polar surface area (TPSA) is 109 Å². The van der Waals surface area contributed by atoms with Crippen LogP contribution in [0.3, 0.4) is 0 Å². The molecule has 3 amide bonds. The summed E-state index contributed by atoms with van der Waals surface area (Å²) < 4.78 is 5.50. The lowest BCUT2D eigenvalue weighted by atomic mass is 10.0. The van der Waals surface area contributed by atoms with E-state index in [1.165, 1.54) is 11.8 Å². The molecule has 0 atom stereocenters. The first-order valence-electron chi connectivity index (χ1n) is 11.6. The van der Waals surface area contributed by atoms with Crippen LogP contribution >= 0.6 is 0 Å². The molecule has 3 rings (SSSR count). The summed E-state index contributed by atoms with van der Waals surface area (Å²) in [4.78, 5) is 36.0. The van der Waals surface area contributed by atoms with Gasteiger partial charge >= 0.3 is 11.8 Å². The zero-order chi connectivity index (χ0) is 25.9. The Morgan fingerprint density at radius 1 is 0.889 bits per heavy atom. The van der Waals surface area contributed by atoms with Crippen molar-refractivity contribution in [2.75, 3.05) is 11.9 Å². The molecule has 0 bridgehead atoms. The lowest BCUT2D eigenvalue weighted by Crippen LogP contribution is -2.37. The van der Waals surface area contributed by atoms with E-state index in [9.17, 15) is 14.4 Å². The maximum Gasteiger partial charge on any atom is 0.329 e. The highest BCUT2D eigenvalue weighted by Crippen LogP contribution is 2.15. The van der Waals surface area contributed by atoms with Gasteiger partial charge in [-0.15, -0.1) is 0 Å². The van der Waals surface area contributed by atoms with Gasteiger partial charge in [-0.25, -0.2) is 5.43 Å². The number of hydrogen-bond acceptors (Lipinski definition) is 5. The first-order chi connectivity index (χ1) is 17.3. The molecule has 0 aliphatic heterocycles. The van der Waals surface area contributed by atoms with Gasteiger partial charge in [0.25, 0.3) is 5.91 Å². The second-order valence-electron chi connectivity index (χ2n) is 8.55. The summed E-state index contributed by atoms with van der Waals surface area (Å²) in [5.74, 6) is -0.955. The van der Waals surface area contributed by atoms with Crippen molar-refractivity contribution in [2.45, 2.75) is 33.2 Å². The molecule has 0 aromatic heterocycles. The minimum atomic E-state index is -0.857. The molecule has 3 N–H and O–H groups in total. The van der Waals surface area contributed by atoms with Crippen LogP contribution in [-0.2, 0) is 20.9 Å². The van der Waals surface area contributed by atoms with Crippen LogP contribution < -0.4 is 20.8 Å². The van der Waals surface area contributed by atoms with Crippen LogP contribution in [0.4, 0.5) is 5.69 Å². The largest absolute Gasteiger partial charge is 0.484 e. The first kappa shape index (κ1) is 26.2. The molecular formula is C28H30N4O4. The molecule has 0 saturated carbocycles. The predicted octanol–water partition coefficient (Wildman–Crippen LogP) is 3.90. The number of carbonyl (C=O) groups is 3. The van der Waals surface area contributed by atoms with Crippen molar-refractivity contribution < 1.29 is 19.1 Å². The predicted molar refractivity (Wildman–Crippen MR) is 140 cm³/mol. The number of anilines is 1. The molecule has 0 unspecified atom stereocenters. The highest BCUT2D eigenvalue weighted by atomic mass is 16.5. The van der Waals surface area contributed by atoms with Crippen LogP contribution in [0.15, 0.2) is 77.9 Å². The molecule has 0 aliphatic rings. The van der Waals surface area contributed by atoms with Crippen molar-refractivity contribution in [3.05, 3.63) is 95.1 Å². The van der Waals surface area contributed by atoms with Gasteiger partial charge in [0.2, 0.25) is 0 Å². The normalized spacial score (nSPS) is 10.8. The van der Waals surface area contributed by atoms with E-state index in [2.05, 4.69) is 35.0 Å². The van der Waals surface area contributed by atoms with Crippen molar-refractivity contribution in [3.8, 4) is 5.75 Å². The molecule has 0 radical (unpaired) electrons. The van der Waals surface area contributed by atoms with Gasteiger partial charge in [-0.05, 0) is 65.9 Å². The van der Waals surface area contributed by atoms with Crippen molar-refractivity contribution in [2.24, 2.45) is 5.10 Å². The molecule has 0 spiro atoms. The Balaban J connectivity index is 1.38. The van der Waals surface area contributed by atoms with Crippen molar-refractivity contribution in [1.29, 1.82) is 0 Å². The van der Waals surface area contributed by atoms with E-state index in [1.807, 2.05) is 55.5 Å². The van der Waals surface area contributed by atoms with Gasteiger partial charge in [0.05, 0.1) is 6.21 Å². The fraction of sp³-hybridized carbons (Fsp3) is 0.214. The Hall–Kier alpha value is -4.46. The molecule has 3 aromatic carbocycles. The number of carbonyl (C=O) groups excluding carboxylic acids is 3. The van der Waals surface area contributed by atoms with Crippen molar-refractivity contribution in [1.82, 2.24) is 10.7 Å². The zero-order valence-electron chi connectivity index (χ0n) is 20.6. The van der Waals surface area contributed by atoms with Crippen LogP contribution in [0.5, 0.6) is 5.75 Å². The van der Waals surface area contributed by atoms with E-state index in [1.54, 1.807) is 24.3 Å². The first-order valence-corrected chi connectivity index (χ1v) is 11.6. The number of amides is 3. The number of ether oxygens (including phenoxy) is 1. The minimum absolute atomic E-state index is 0.131. The Morgan fingerprint density at radius 3 is 2.19 bits per heavy atom. The summed E-state index contributed by atoms with van der Waals surface area (Å²) in [6.07, 6.45) is 1.41. The molecule has 3 aromatic rings. The van der Waals surface area contributed by atoms with Gasteiger partial charge in [0.15, 0.2) is 6.61 Å². The molecule has 0 heterocycles. The standard InChI is InChI=1S/C28H30N4O4/c1-19(2)23-10-6-21(7-11-23)16-29-27(34)28(35)32-30-17-22-8-14-25(15-9-22)36-18-26(33)31-24-12-4-20(3)5-13-24/h4-15,17,19H,16,18H2,1-3H3,(H,29,34)(H,31,33)(H,32,35)/b30-17-. The van der Waals surface area contributed by atoms with Crippen molar-refractivity contribution >= 4 is 29.6 Å². The number of aryl methyl sites for hydroxylation is 1. The summed E-state index contributed by atoms with van der Waals surface area (Å²) in [6, 6.07) is 22.1. The third-order valence-electron chi connectivity index (χ3n) is 5.27. The molecule has 8 heteroatoms. The highest BCUT2D eigenvalue weighted by molar-refractivity contribution is 6.35. The highest BCUT2D eigenvalue weighted by Gasteiger charge is 2.12. The fourth-order valence-electron chi connectivity index (χ4n) is 3.13.